The molecule has 0 fully saturated rings. The van der Waals surface area contributed by atoms with Crippen molar-refractivity contribution in [1.82, 2.24) is 14.8 Å². The van der Waals surface area contributed by atoms with Gasteiger partial charge in [0.1, 0.15) is 0 Å². The van der Waals surface area contributed by atoms with Crippen molar-refractivity contribution in [2.75, 3.05) is 19.0 Å². The summed E-state index contributed by atoms with van der Waals surface area (Å²) >= 11 is 1.55. The summed E-state index contributed by atoms with van der Waals surface area (Å²) < 4.78 is 6.93. The lowest BCUT2D eigenvalue weighted by Crippen LogP contribution is -2.17. The number of rotatable bonds is 8. The minimum Gasteiger partial charge on any atom is -0.381 e. The lowest BCUT2D eigenvalue weighted by atomic mass is 10.3. The van der Waals surface area contributed by atoms with Gasteiger partial charge in [0.15, 0.2) is 5.16 Å². The molecule has 0 unspecified atom stereocenters. The van der Waals surface area contributed by atoms with Crippen LogP contribution in [0, 0.1) is 0 Å². The van der Waals surface area contributed by atoms with Crippen LogP contribution in [0.1, 0.15) is 26.7 Å². The van der Waals surface area contributed by atoms with Gasteiger partial charge in [-0.05, 0) is 13.3 Å². The Labute approximate surface area is 99.6 Å². The summed E-state index contributed by atoms with van der Waals surface area (Å²) in [6.07, 6.45) is 2.07. The molecule has 0 aliphatic rings. The van der Waals surface area contributed by atoms with E-state index in [1.54, 1.807) is 16.3 Å². The second kappa shape index (κ2) is 7.51. The van der Waals surface area contributed by atoms with Crippen molar-refractivity contribution in [3.05, 3.63) is 10.5 Å². The van der Waals surface area contributed by atoms with Crippen molar-refractivity contribution < 1.29 is 4.74 Å². The van der Waals surface area contributed by atoms with E-state index in [1.807, 2.05) is 6.92 Å². The second-order valence-electron chi connectivity index (χ2n) is 3.36. The van der Waals surface area contributed by atoms with E-state index in [9.17, 15) is 4.79 Å². The Balaban J connectivity index is 2.48. The van der Waals surface area contributed by atoms with Crippen LogP contribution >= 0.6 is 11.8 Å². The average Bonchev–Trinajstić information content (AvgIpc) is 2.63. The number of hydrogen-bond acceptors (Lipinski definition) is 4. The van der Waals surface area contributed by atoms with Gasteiger partial charge < -0.3 is 4.74 Å². The van der Waals surface area contributed by atoms with Crippen LogP contribution < -0.4 is 5.69 Å². The molecule has 0 radical (unpaired) electrons. The molecular formula is C10H19N3O2S. The lowest BCUT2D eigenvalue weighted by molar-refractivity contribution is 0.164. The summed E-state index contributed by atoms with van der Waals surface area (Å²) in [6, 6.07) is 0. The highest BCUT2D eigenvalue weighted by Gasteiger charge is 2.07. The molecule has 1 heterocycles. The molecule has 92 valence electrons. The Morgan fingerprint density at radius 3 is 3.00 bits per heavy atom. The standard InChI is InChI=1S/C10H19N3O2S/c1-3-5-6-13-9(14)11-12-10(13)16-8-7-15-4-2/h3-8H2,1-2H3,(H,11,14). The molecule has 0 aromatic carbocycles. The minimum atomic E-state index is -0.118. The number of nitrogens with one attached hydrogen (secondary N) is 1. The van der Waals surface area contributed by atoms with E-state index in [-0.39, 0.29) is 5.69 Å². The van der Waals surface area contributed by atoms with E-state index in [0.717, 1.165) is 36.9 Å². The van der Waals surface area contributed by atoms with E-state index in [0.29, 0.717) is 6.61 Å². The fraction of sp³-hybridized carbons (Fsp3) is 0.800. The topological polar surface area (TPSA) is 59.9 Å². The third kappa shape index (κ3) is 4.02. The van der Waals surface area contributed by atoms with Gasteiger partial charge in [-0.1, -0.05) is 25.1 Å². The zero-order chi connectivity index (χ0) is 11.8. The number of hydrogen-bond donors (Lipinski definition) is 1. The van der Waals surface area contributed by atoms with Gasteiger partial charge in [-0.3, -0.25) is 4.57 Å². The van der Waals surface area contributed by atoms with Crippen molar-refractivity contribution in [2.45, 2.75) is 38.4 Å². The summed E-state index contributed by atoms with van der Waals surface area (Å²) in [5.41, 5.74) is -0.118. The number of aromatic nitrogens is 3. The normalized spacial score (nSPS) is 10.9. The Hall–Kier alpha value is -0.750. The molecule has 0 bridgehead atoms. The molecule has 0 aliphatic carbocycles. The van der Waals surface area contributed by atoms with E-state index in [4.69, 9.17) is 4.74 Å². The van der Waals surface area contributed by atoms with E-state index in [1.165, 1.54) is 0 Å². The first-order chi connectivity index (χ1) is 7.79. The smallest absolute Gasteiger partial charge is 0.343 e. The predicted molar refractivity (Wildman–Crippen MR) is 65.0 cm³/mol. The Morgan fingerprint density at radius 2 is 2.31 bits per heavy atom. The quantitative estimate of drug-likeness (QED) is 0.557. The van der Waals surface area contributed by atoms with Crippen LogP contribution in [0.15, 0.2) is 9.95 Å². The van der Waals surface area contributed by atoms with Gasteiger partial charge in [-0.15, -0.1) is 5.10 Å². The number of ether oxygens (including phenoxy) is 1. The zero-order valence-corrected chi connectivity index (χ0v) is 10.7. The van der Waals surface area contributed by atoms with Crippen molar-refractivity contribution in [2.24, 2.45) is 0 Å². The van der Waals surface area contributed by atoms with Crippen LogP contribution in [0.5, 0.6) is 0 Å². The summed E-state index contributed by atoms with van der Waals surface area (Å²) in [7, 11) is 0. The zero-order valence-electron chi connectivity index (χ0n) is 9.86. The van der Waals surface area contributed by atoms with Gasteiger partial charge in [0, 0.05) is 18.9 Å². The molecular weight excluding hydrogens is 226 g/mol. The first-order valence-corrected chi connectivity index (χ1v) is 6.63. The summed E-state index contributed by atoms with van der Waals surface area (Å²) in [4.78, 5) is 11.4. The summed E-state index contributed by atoms with van der Waals surface area (Å²) in [5, 5.41) is 7.24. The van der Waals surface area contributed by atoms with Crippen LogP contribution in [-0.4, -0.2) is 33.7 Å². The van der Waals surface area contributed by atoms with Crippen LogP contribution in [0.3, 0.4) is 0 Å². The summed E-state index contributed by atoms with van der Waals surface area (Å²) in [6.45, 7) is 6.23. The Morgan fingerprint density at radius 1 is 1.50 bits per heavy atom. The highest BCUT2D eigenvalue weighted by Crippen LogP contribution is 2.13. The van der Waals surface area contributed by atoms with Gasteiger partial charge in [-0.25, -0.2) is 9.89 Å². The van der Waals surface area contributed by atoms with Gasteiger partial charge in [-0.2, -0.15) is 0 Å². The molecule has 6 heteroatoms. The van der Waals surface area contributed by atoms with Crippen molar-refractivity contribution in [3.63, 3.8) is 0 Å². The molecule has 0 atom stereocenters. The molecule has 0 saturated heterocycles. The molecule has 1 aromatic rings. The van der Waals surface area contributed by atoms with Crippen molar-refractivity contribution in [3.8, 4) is 0 Å². The first-order valence-electron chi connectivity index (χ1n) is 5.65. The van der Waals surface area contributed by atoms with Crippen LogP contribution in [0.25, 0.3) is 0 Å². The Bertz CT molecular complexity index is 348. The Kier molecular flexibility index (Phi) is 6.25. The maximum Gasteiger partial charge on any atom is 0.343 e. The fourth-order valence-electron chi connectivity index (χ4n) is 1.26. The van der Waals surface area contributed by atoms with E-state index in [2.05, 4.69) is 17.1 Å². The number of thioether (sulfide) groups is 1. The minimum absolute atomic E-state index is 0.118. The van der Waals surface area contributed by atoms with Crippen LogP contribution in [0.4, 0.5) is 0 Å². The number of aromatic amines is 1. The largest absolute Gasteiger partial charge is 0.381 e. The SMILES string of the molecule is CCCCn1c(SCCOCC)n[nH]c1=O. The van der Waals surface area contributed by atoms with Gasteiger partial charge >= 0.3 is 5.69 Å². The molecule has 0 amide bonds. The molecule has 0 saturated carbocycles. The van der Waals surface area contributed by atoms with Gasteiger partial charge in [0.25, 0.3) is 0 Å². The molecule has 1 aromatic heterocycles. The van der Waals surface area contributed by atoms with Crippen molar-refractivity contribution >= 4 is 11.8 Å². The number of H-pyrrole nitrogens is 1. The maximum atomic E-state index is 11.4. The number of nitrogens with zero attached hydrogens (tertiary/aromatic N) is 2. The summed E-state index contributed by atoms with van der Waals surface area (Å²) in [5.74, 6) is 0.824. The lowest BCUT2D eigenvalue weighted by Gasteiger charge is -2.04. The third-order valence-corrected chi connectivity index (χ3v) is 3.06. The average molecular weight is 245 g/mol. The van der Waals surface area contributed by atoms with Gasteiger partial charge in [0.2, 0.25) is 0 Å². The van der Waals surface area contributed by atoms with Crippen molar-refractivity contribution in [1.29, 1.82) is 0 Å². The fourth-order valence-corrected chi connectivity index (χ4v) is 2.09. The molecule has 1 N–H and O–H groups in total. The highest BCUT2D eigenvalue weighted by molar-refractivity contribution is 7.99. The molecule has 5 nitrogen and oxygen atoms in total. The maximum absolute atomic E-state index is 11.4. The third-order valence-electron chi connectivity index (χ3n) is 2.12. The second-order valence-corrected chi connectivity index (χ2v) is 4.42. The van der Waals surface area contributed by atoms with E-state index >= 15 is 0 Å². The van der Waals surface area contributed by atoms with Crippen LogP contribution in [0.2, 0.25) is 0 Å². The highest BCUT2D eigenvalue weighted by atomic mass is 32.2. The van der Waals surface area contributed by atoms with E-state index < -0.39 is 0 Å². The molecule has 1 rings (SSSR count). The predicted octanol–water partition coefficient (Wildman–Crippen LogP) is 1.50. The molecule has 0 spiro atoms. The molecule has 16 heavy (non-hydrogen) atoms. The van der Waals surface area contributed by atoms with Gasteiger partial charge in [0.05, 0.1) is 6.61 Å². The molecule has 0 aliphatic heterocycles. The van der Waals surface area contributed by atoms with Crippen LogP contribution in [-0.2, 0) is 11.3 Å². The monoisotopic (exact) mass is 245 g/mol. The number of unbranched alkanes of at least 4 members (excludes halogenated alkanes) is 1. The first kappa shape index (κ1) is 13.3.